The minimum absolute atomic E-state index is 0.0100. The van der Waals surface area contributed by atoms with Crippen molar-refractivity contribution in [3.8, 4) is 0 Å². The van der Waals surface area contributed by atoms with Crippen molar-refractivity contribution in [3.05, 3.63) is 0 Å². The van der Waals surface area contributed by atoms with E-state index >= 15 is 0 Å². The van der Waals surface area contributed by atoms with Gasteiger partial charge in [0.25, 0.3) is 0 Å². The van der Waals surface area contributed by atoms with E-state index in [2.05, 4.69) is 32.7 Å². The smallest absolute Gasteiger partial charge is 0.0251 e. The van der Waals surface area contributed by atoms with E-state index in [0.717, 1.165) is 19.5 Å². The molecule has 0 rings (SSSR count). The molecule has 2 heteroatoms. The molecule has 0 radical (unpaired) electrons. The van der Waals surface area contributed by atoms with Gasteiger partial charge in [-0.3, -0.25) is 0 Å². The van der Waals surface area contributed by atoms with E-state index in [9.17, 15) is 0 Å². The molecule has 0 aliphatic heterocycles. The Hall–Kier alpha value is -0.0800. The Morgan fingerprint density at radius 1 is 1.36 bits per heavy atom. The Balaban J connectivity index is 3.64. The Kier molecular flexibility index (Phi) is 4.69. The summed E-state index contributed by atoms with van der Waals surface area (Å²) in [7, 11) is 2.13. The van der Waals surface area contributed by atoms with Gasteiger partial charge in [0.1, 0.15) is 0 Å². The normalized spacial score (nSPS) is 16.9. The van der Waals surface area contributed by atoms with Crippen LogP contribution in [-0.2, 0) is 0 Å². The number of rotatable bonds is 5. The van der Waals surface area contributed by atoms with Crippen molar-refractivity contribution in [1.29, 1.82) is 0 Å². The largest absolute Gasteiger partial charge is 0.324 e. The Labute approximate surface area is 70.8 Å². The molecule has 1 atom stereocenters. The fourth-order valence-electron chi connectivity index (χ4n) is 1.19. The topological polar surface area (TPSA) is 29.3 Å². The molecule has 0 fully saturated rings. The average molecular weight is 158 g/mol. The molecule has 2 N–H and O–H groups in total. The molecule has 0 spiro atoms. The summed E-state index contributed by atoms with van der Waals surface area (Å²) in [6.07, 6.45) is 2.25. The van der Waals surface area contributed by atoms with Crippen molar-refractivity contribution in [2.75, 3.05) is 20.1 Å². The van der Waals surface area contributed by atoms with Gasteiger partial charge in [0.15, 0.2) is 0 Å². The number of hydrogen-bond donors (Lipinski definition) is 1. The molecular weight excluding hydrogens is 136 g/mol. The Bertz CT molecular complexity index is 99.7. The van der Waals surface area contributed by atoms with Gasteiger partial charge in [-0.1, -0.05) is 13.8 Å². The van der Waals surface area contributed by atoms with Crippen LogP contribution in [0.25, 0.3) is 0 Å². The molecule has 0 amide bonds. The van der Waals surface area contributed by atoms with Crippen LogP contribution in [0.3, 0.4) is 0 Å². The minimum atomic E-state index is -0.0100. The Morgan fingerprint density at radius 3 is 2.27 bits per heavy atom. The maximum atomic E-state index is 6.01. The van der Waals surface area contributed by atoms with Crippen molar-refractivity contribution in [3.63, 3.8) is 0 Å². The lowest BCUT2D eigenvalue weighted by atomic mass is 10.0. The van der Waals surface area contributed by atoms with Gasteiger partial charge in [0.05, 0.1) is 0 Å². The molecule has 68 valence electrons. The lowest BCUT2D eigenvalue weighted by molar-refractivity contribution is 0.253. The van der Waals surface area contributed by atoms with Gasteiger partial charge in [-0.05, 0) is 33.4 Å². The molecule has 0 heterocycles. The fourth-order valence-corrected chi connectivity index (χ4v) is 1.19. The van der Waals surface area contributed by atoms with Crippen molar-refractivity contribution in [2.45, 2.75) is 39.2 Å². The van der Waals surface area contributed by atoms with Crippen LogP contribution in [0.2, 0.25) is 0 Å². The summed E-state index contributed by atoms with van der Waals surface area (Å²) in [5, 5.41) is 0. The van der Waals surface area contributed by atoms with Gasteiger partial charge in [0.2, 0.25) is 0 Å². The fraction of sp³-hybridized carbons (Fsp3) is 1.00. The molecule has 0 aromatic heterocycles. The highest BCUT2D eigenvalue weighted by Gasteiger charge is 2.16. The standard InChI is InChI=1S/C9H22N2/c1-5-7-11(4)8-9(3,10)6-2/h5-8,10H2,1-4H3. The molecular formula is C9H22N2. The van der Waals surface area contributed by atoms with Crippen LogP contribution in [0.15, 0.2) is 0 Å². The second-order valence-electron chi connectivity index (χ2n) is 3.75. The summed E-state index contributed by atoms with van der Waals surface area (Å²) >= 11 is 0. The van der Waals surface area contributed by atoms with Crippen LogP contribution in [0.1, 0.15) is 33.6 Å². The predicted octanol–water partition coefficient (Wildman–Crippen LogP) is 1.46. The van der Waals surface area contributed by atoms with Gasteiger partial charge in [-0.25, -0.2) is 0 Å². The second-order valence-corrected chi connectivity index (χ2v) is 3.75. The number of nitrogens with zero attached hydrogens (tertiary/aromatic N) is 1. The zero-order valence-electron chi connectivity index (χ0n) is 8.35. The molecule has 0 aliphatic rings. The van der Waals surface area contributed by atoms with Crippen LogP contribution >= 0.6 is 0 Å². The number of nitrogens with two attached hydrogens (primary N) is 1. The molecule has 0 aromatic carbocycles. The molecule has 11 heavy (non-hydrogen) atoms. The maximum Gasteiger partial charge on any atom is 0.0251 e. The van der Waals surface area contributed by atoms with E-state index in [-0.39, 0.29) is 5.54 Å². The highest BCUT2D eigenvalue weighted by molar-refractivity contribution is 4.79. The molecule has 0 aromatic rings. The summed E-state index contributed by atoms with van der Waals surface area (Å²) in [5.41, 5.74) is 6.00. The van der Waals surface area contributed by atoms with E-state index < -0.39 is 0 Å². The van der Waals surface area contributed by atoms with Gasteiger partial charge < -0.3 is 10.6 Å². The highest BCUT2D eigenvalue weighted by Crippen LogP contribution is 2.06. The summed E-state index contributed by atoms with van der Waals surface area (Å²) in [6, 6.07) is 0. The van der Waals surface area contributed by atoms with Crippen LogP contribution in [0, 0.1) is 0 Å². The van der Waals surface area contributed by atoms with Gasteiger partial charge in [0, 0.05) is 12.1 Å². The summed E-state index contributed by atoms with van der Waals surface area (Å²) < 4.78 is 0. The van der Waals surface area contributed by atoms with Gasteiger partial charge in [-0.15, -0.1) is 0 Å². The molecule has 1 unspecified atom stereocenters. The van der Waals surface area contributed by atoms with Crippen molar-refractivity contribution in [2.24, 2.45) is 5.73 Å². The lowest BCUT2D eigenvalue weighted by Gasteiger charge is -2.28. The monoisotopic (exact) mass is 158 g/mol. The van der Waals surface area contributed by atoms with E-state index in [1.165, 1.54) is 6.42 Å². The molecule has 0 saturated carbocycles. The van der Waals surface area contributed by atoms with E-state index in [1.54, 1.807) is 0 Å². The first kappa shape index (κ1) is 10.9. The van der Waals surface area contributed by atoms with E-state index in [0.29, 0.717) is 0 Å². The van der Waals surface area contributed by atoms with Gasteiger partial charge in [-0.2, -0.15) is 0 Å². The van der Waals surface area contributed by atoms with Crippen molar-refractivity contribution in [1.82, 2.24) is 4.90 Å². The highest BCUT2D eigenvalue weighted by atomic mass is 15.1. The molecule has 0 aliphatic carbocycles. The van der Waals surface area contributed by atoms with Crippen molar-refractivity contribution >= 4 is 0 Å². The van der Waals surface area contributed by atoms with Crippen LogP contribution in [0.5, 0.6) is 0 Å². The predicted molar refractivity (Wildman–Crippen MR) is 50.7 cm³/mol. The van der Waals surface area contributed by atoms with Crippen LogP contribution in [-0.4, -0.2) is 30.6 Å². The lowest BCUT2D eigenvalue weighted by Crippen LogP contribution is -2.46. The number of likely N-dealkylation sites (N-methyl/N-ethyl adjacent to an activating group) is 1. The third-order valence-electron chi connectivity index (χ3n) is 2.04. The van der Waals surface area contributed by atoms with E-state index in [1.807, 2.05) is 0 Å². The molecule has 0 bridgehead atoms. The third kappa shape index (κ3) is 5.22. The Morgan fingerprint density at radius 2 is 1.91 bits per heavy atom. The van der Waals surface area contributed by atoms with E-state index in [4.69, 9.17) is 5.73 Å². The minimum Gasteiger partial charge on any atom is -0.324 e. The maximum absolute atomic E-state index is 6.01. The first-order valence-corrected chi connectivity index (χ1v) is 4.49. The average Bonchev–Trinajstić information content (AvgIpc) is 1.87. The SMILES string of the molecule is CCCN(C)CC(C)(N)CC. The first-order valence-electron chi connectivity index (χ1n) is 4.49. The quantitative estimate of drug-likeness (QED) is 0.656. The summed E-state index contributed by atoms with van der Waals surface area (Å²) in [4.78, 5) is 2.30. The zero-order chi connectivity index (χ0) is 8.91. The number of hydrogen-bond acceptors (Lipinski definition) is 2. The molecule has 0 saturated heterocycles. The van der Waals surface area contributed by atoms with Crippen LogP contribution in [0.4, 0.5) is 0 Å². The third-order valence-corrected chi connectivity index (χ3v) is 2.04. The second kappa shape index (κ2) is 4.73. The molecule has 2 nitrogen and oxygen atoms in total. The van der Waals surface area contributed by atoms with Crippen molar-refractivity contribution < 1.29 is 0 Å². The first-order chi connectivity index (χ1) is 5.02. The van der Waals surface area contributed by atoms with Crippen LogP contribution < -0.4 is 5.73 Å². The zero-order valence-corrected chi connectivity index (χ0v) is 8.35. The summed E-state index contributed by atoms with van der Waals surface area (Å²) in [6.45, 7) is 8.58. The van der Waals surface area contributed by atoms with Gasteiger partial charge >= 0.3 is 0 Å². The summed E-state index contributed by atoms with van der Waals surface area (Å²) in [5.74, 6) is 0.